The lowest BCUT2D eigenvalue weighted by Gasteiger charge is -2.12. The molecule has 1 aromatic carbocycles. The molecule has 0 atom stereocenters. The molecule has 0 N–H and O–H groups in total. The Morgan fingerprint density at radius 2 is 2.00 bits per heavy atom. The highest BCUT2D eigenvalue weighted by atomic mass is 35.5. The molecule has 4 heteroatoms. The lowest BCUT2D eigenvalue weighted by Crippen LogP contribution is -1.97. The van der Waals surface area contributed by atoms with Gasteiger partial charge in [0, 0.05) is 0 Å². The molecule has 0 aliphatic rings. The van der Waals surface area contributed by atoms with Gasteiger partial charge in [0.25, 0.3) is 0 Å². The summed E-state index contributed by atoms with van der Waals surface area (Å²) < 4.78 is 10.1. The van der Waals surface area contributed by atoms with E-state index in [1.54, 1.807) is 13.0 Å². The number of hydrogen-bond donors (Lipinski definition) is 0. The Hall–Kier alpha value is -1.22. The van der Waals surface area contributed by atoms with Gasteiger partial charge in [0.15, 0.2) is 17.8 Å². The van der Waals surface area contributed by atoms with Crippen LogP contribution in [-0.4, -0.2) is 20.5 Å². The molecule has 0 unspecified atom stereocenters. The van der Waals surface area contributed by atoms with Crippen LogP contribution in [0.25, 0.3) is 0 Å². The van der Waals surface area contributed by atoms with E-state index < -0.39 is 0 Å². The minimum atomic E-state index is 0.325. The predicted octanol–water partition coefficient (Wildman–Crippen LogP) is 2.48. The normalized spacial score (nSPS) is 9.71. The smallest absolute Gasteiger partial charge is 0.172 e. The predicted molar refractivity (Wildman–Crippen MR) is 54.7 cm³/mol. The number of methoxy groups -OCH3 is 2. The largest absolute Gasteiger partial charge is 0.493 e. The highest BCUT2D eigenvalue weighted by Gasteiger charge is 2.15. The Morgan fingerprint density at radius 3 is 2.43 bits per heavy atom. The maximum absolute atomic E-state index is 10.8. The molecule has 0 aromatic heterocycles. The Kier molecular flexibility index (Phi) is 3.36. The van der Waals surface area contributed by atoms with Gasteiger partial charge in [-0.05, 0) is 18.6 Å². The van der Waals surface area contributed by atoms with E-state index in [1.165, 1.54) is 14.2 Å². The van der Waals surface area contributed by atoms with E-state index in [4.69, 9.17) is 21.1 Å². The van der Waals surface area contributed by atoms with E-state index in [2.05, 4.69) is 0 Å². The van der Waals surface area contributed by atoms with E-state index in [1.807, 2.05) is 0 Å². The first kappa shape index (κ1) is 10.9. The second kappa shape index (κ2) is 4.33. The van der Waals surface area contributed by atoms with Crippen molar-refractivity contribution in [2.24, 2.45) is 0 Å². The van der Waals surface area contributed by atoms with Crippen molar-refractivity contribution in [2.45, 2.75) is 6.92 Å². The molecule has 14 heavy (non-hydrogen) atoms. The molecule has 0 radical (unpaired) electrons. The quantitative estimate of drug-likeness (QED) is 0.726. The molecule has 0 aliphatic carbocycles. The van der Waals surface area contributed by atoms with Crippen molar-refractivity contribution in [3.63, 3.8) is 0 Å². The van der Waals surface area contributed by atoms with Crippen LogP contribution in [0.4, 0.5) is 0 Å². The van der Waals surface area contributed by atoms with E-state index in [-0.39, 0.29) is 0 Å². The van der Waals surface area contributed by atoms with Gasteiger partial charge in [0.05, 0.1) is 24.8 Å². The average molecular weight is 215 g/mol. The van der Waals surface area contributed by atoms with E-state index >= 15 is 0 Å². The second-order valence-corrected chi connectivity index (χ2v) is 3.15. The minimum Gasteiger partial charge on any atom is -0.493 e. The first-order chi connectivity index (χ1) is 6.65. The third-order valence-electron chi connectivity index (χ3n) is 1.94. The molecular formula is C10H11ClO3. The lowest BCUT2D eigenvalue weighted by molar-refractivity contribution is 0.112. The van der Waals surface area contributed by atoms with Gasteiger partial charge in [-0.2, -0.15) is 0 Å². The molecule has 1 aromatic rings. The topological polar surface area (TPSA) is 35.5 Å². The Balaban J connectivity index is 3.49. The zero-order valence-corrected chi connectivity index (χ0v) is 9.01. The number of carbonyl (C=O) groups excluding carboxylic acids is 1. The molecule has 0 bridgehead atoms. The minimum absolute atomic E-state index is 0.325. The summed E-state index contributed by atoms with van der Waals surface area (Å²) >= 11 is 5.94. The molecule has 0 spiro atoms. The third kappa shape index (κ3) is 1.68. The lowest BCUT2D eigenvalue weighted by atomic mass is 10.1. The summed E-state index contributed by atoms with van der Waals surface area (Å²) in [5.41, 5.74) is 1.11. The zero-order valence-electron chi connectivity index (χ0n) is 8.26. The van der Waals surface area contributed by atoms with Crippen LogP contribution in [0.1, 0.15) is 15.9 Å². The van der Waals surface area contributed by atoms with Crippen molar-refractivity contribution in [3.8, 4) is 11.5 Å². The Bertz CT molecular complexity index is 361. The fourth-order valence-electron chi connectivity index (χ4n) is 1.24. The summed E-state index contributed by atoms with van der Waals surface area (Å²) in [7, 11) is 2.98. The number of hydrogen-bond acceptors (Lipinski definition) is 3. The fourth-order valence-corrected chi connectivity index (χ4v) is 1.42. The molecule has 0 saturated heterocycles. The third-order valence-corrected chi connectivity index (χ3v) is 2.44. The number of carbonyl (C=O) groups is 1. The van der Waals surface area contributed by atoms with Crippen LogP contribution in [0.5, 0.6) is 11.5 Å². The van der Waals surface area contributed by atoms with Crippen LogP contribution in [0.15, 0.2) is 6.07 Å². The van der Waals surface area contributed by atoms with Crippen LogP contribution < -0.4 is 9.47 Å². The van der Waals surface area contributed by atoms with Gasteiger partial charge in [0.1, 0.15) is 0 Å². The van der Waals surface area contributed by atoms with Crippen LogP contribution >= 0.6 is 11.6 Å². The van der Waals surface area contributed by atoms with E-state index in [0.29, 0.717) is 28.4 Å². The summed E-state index contributed by atoms with van der Waals surface area (Å²) in [6.45, 7) is 1.80. The van der Waals surface area contributed by atoms with Crippen molar-refractivity contribution < 1.29 is 14.3 Å². The highest BCUT2D eigenvalue weighted by molar-refractivity contribution is 6.34. The van der Waals surface area contributed by atoms with Gasteiger partial charge in [0.2, 0.25) is 0 Å². The molecule has 3 nitrogen and oxygen atoms in total. The molecule has 0 heterocycles. The van der Waals surface area contributed by atoms with Gasteiger partial charge < -0.3 is 9.47 Å². The molecule has 76 valence electrons. The fraction of sp³-hybridized carbons (Fsp3) is 0.300. The molecule has 0 aliphatic heterocycles. The molecule has 1 rings (SSSR count). The van der Waals surface area contributed by atoms with Crippen molar-refractivity contribution in [1.82, 2.24) is 0 Å². The van der Waals surface area contributed by atoms with Gasteiger partial charge in [-0.15, -0.1) is 0 Å². The maximum Gasteiger partial charge on any atom is 0.172 e. The number of benzene rings is 1. The van der Waals surface area contributed by atoms with Crippen LogP contribution in [0.3, 0.4) is 0 Å². The van der Waals surface area contributed by atoms with Crippen LogP contribution in [-0.2, 0) is 0 Å². The van der Waals surface area contributed by atoms with Gasteiger partial charge in [-0.1, -0.05) is 11.6 Å². The molecular weight excluding hydrogens is 204 g/mol. The number of aryl methyl sites for hydroxylation is 1. The summed E-state index contributed by atoms with van der Waals surface area (Å²) in [6.07, 6.45) is 0.663. The Labute approximate surface area is 87.6 Å². The summed E-state index contributed by atoms with van der Waals surface area (Å²) in [5.74, 6) is 0.884. The zero-order chi connectivity index (χ0) is 10.7. The molecule has 0 saturated carbocycles. The Morgan fingerprint density at radius 1 is 1.36 bits per heavy atom. The highest BCUT2D eigenvalue weighted by Crippen LogP contribution is 2.36. The van der Waals surface area contributed by atoms with Crippen molar-refractivity contribution in [2.75, 3.05) is 14.2 Å². The standard InChI is InChI=1S/C10H11ClO3/c1-6-4-8(13-2)10(14-3)7(5-12)9(6)11/h4-5H,1-3H3. The second-order valence-electron chi connectivity index (χ2n) is 2.77. The van der Waals surface area contributed by atoms with E-state index in [0.717, 1.165) is 5.56 Å². The number of halogens is 1. The van der Waals surface area contributed by atoms with Gasteiger partial charge in [-0.3, -0.25) is 4.79 Å². The van der Waals surface area contributed by atoms with Crippen molar-refractivity contribution >= 4 is 17.9 Å². The van der Waals surface area contributed by atoms with Gasteiger partial charge >= 0.3 is 0 Å². The summed E-state index contributed by atoms with van der Waals surface area (Å²) in [5, 5.41) is 0.401. The van der Waals surface area contributed by atoms with Crippen molar-refractivity contribution in [1.29, 1.82) is 0 Å². The number of rotatable bonds is 3. The average Bonchev–Trinajstić information content (AvgIpc) is 2.20. The first-order valence-corrected chi connectivity index (χ1v) is 4.39. The van der Waals surface area contributed by atoms with Crippen molar-refractivity contribution in [3.05, 3.63) is 22.2 Å². The van der Waals surface area contributed by atoms with Crippen LogP contribution in [0.2, 0.25) is 5.02 Å². The van der Waals surface area contributed by atoms with Crippen LogP contribution in [0, 0.1) is 6.92 Å². The summed E-state index contributed by atoms with van der Waals surface area (Å²) in [6, 6.07) is 1.73. The SMILES string of the molecule is COc1cc(C)c(Cl)c(C=O)c1OC. The molecule has 0 fully saturated rings. The monoisotopic (exact) mass is 214 g/mol. The van der Waals surface area contributed by atoms with E-state index in [9.17, 15) is 4.79 Å². The summed E-state index contributed by atoms with van der Waals surface area (Å²) in [4.78, 5) is 10.8. The molecule has 0 amide bonds. The van der Waals surface area contributed by atoms with Gasteiger partial charge in [-0.25, -0.2) is 0 Å². The first-order valence-electron chi connectivity index (χ1n) is 4.02. The number of ether oxygens (including phenoxy) is 2. The maximum atomic E-state index is 10.8. The number of aldehydes is 1.